The van der Waals surface area contributed by atoms with Crippen molar-refractivity contribution in [3.63, 3.8) is 0 Å². The number of carbonyl (C=O) groups excluding carboxylic acids is 1. The highest BCUT2D eigenvalue weighted by Crippen LogP contribution is 2.21. The van der Waals surface area contributed by atoms with Crippen molar-refractivity contribution < 1.29 is 4.79 Å². The Morgan fingerprint density at radius 1 is 1.32 bits per heavy atom. The molecule has 0 fully saturated rings. The maximum atomic E-state index is 11.3. The fraction of sp³-hybridized carbons (Fsp3) is 0.0769. The number of benzene rings is 1. The predicted molar refractivity (Wildman–Crippen MR) is 75.4 cm³/mol. The minimum absolute atomic E-state index is 0.280. The Morgan fingerprint density at radius 2 is 2.11 bits per heavy atom. The van der Waals surface area contributed by atoms with E-state index in [1.807, 2.05) is 24.3 Å². The van der Waals surface area contributed by atoms with Crippen LogP contribution < -0.4 is 16.8 Å². The van der Waals surface area contributed by atoms with Gasteiger partial charge in [0.1, 0.15) is 11.0 Å². The minimum atomic E-state index is -0.568. The standard InChI is InChI=1S/C13H13ClN4O/c14-11-5-4-10(12(16)19)13(18-11)17-9-3-1-2-8(6-9)7-15/h1-6H,7,15H2,(H2,16,19)(H,17,18). The monoisotopic (exact) mass is 276 g/mol. The number of hydrogen-bond acceptors (Lipinski definition) is 4. The van der Waals surface area contributed by atoms with E-state index in [9.17, 15) is 4.79 Å². The molecule has 2 rings (SSSR count). The number of nitrogens with zero attached hydrogens (tertiary/aromatic N) is 1. The van der Waals surface area contributed by atoms with Gasteiger partial charge in [0.2, 0.25) is 0 Å². The number of amides is 1. The summed E-state index contributed by atoms with van der Waals surface area (Å²) in [7, 11) is 0. The van der Waals surface area contributed by atoms with Crippen LogP contribution >= 0.6 is 11.6 Å². The van der Waals surface area contributed by atoms with E-state index in [0.29, 0.717) is 12.4 Å². The summed E-state index contributed by atoms with van der Waals surface area (Å²) in [6, 6.07) is 10.5. The normalized spacial score (nSPS) is 10.2. The van der Waals surface area contributed by atoms with Gasteiger partial charge in [0.25, 0.3) is 5.91 Å². The lowest BCUT2D eigenvalue weighted by atomic mass is 10.2. The van der Waals surface area contributed by atoms with Gasteiger partial charge >= 0.3 is 0 Å². The van der Waals surface area contributed by atoms with Crippen LogP contribution in [-0.4, -0.2) is 10.9 Å². The second-order valence-electron chi connectivity index (χ2n) is 3.92. The van der Waals surface area contributed by atoms with Gasteiger partial charge in [0, 0.05) is 12.2 Å². The minimum Gasteiger partial charge on any atom is -0.365 e. The molecule has 6 heteroatoms. The van der Waals surface area contributed by atoms with Crippen molar-refractivity contribution in [1.82, 2.24) is 4.98 Å². The van der Waals surface area contributed by atoms with E-state index >= 15 is 0 Å². The lowest BCUT2D eigenvalue weighted by Gasteiger charge is -2.10. The van der Waals surface area contributed by atoms with Gasteiger partial charge < -0.3 is 16.8 Å². The van der Waals surface area contributed by atoms with E-state index in [-0.39, 0.29) is 10.7 Å². The molecule has 19 heavy (non-hydrogen) atoms. The van der Waals surface area contributed by atoms with Crippen LogP contribution in [0.5, 0.6) is 0 Å². The van der Waals surface area contributed by atoms with Gasteiger partial charge in [0.05, 0.1) is 5.56 Å². The fourth-order valence-corrected chi connectivity index (χ4v) is 1.79. The third-order valence-electron chi connectivity index (χ3n) is 2.55. The first-order valence-corrected chi connectivity index (χ1v) is 6.00. The van der Waals surface area contributed by atoms with E-state index in [0.717, 1.165) is 11.3 Å². The maximum Gasteiger partial charge on any atom is 0.252 e. The number of nitrogens with one attached hydrogen (secondary N) is 1. The average molecular weight is 277 g/mol. The molecule has 0 spiro atoms. The first-order valence-electron chi connectivity index (χ1n) is 5.62. The Hall–Kier alpha value is -2.11. The quantitative estimate of drug-likeness (QED) is 0.745. The van der Waals surface area contributed by atoms with Gasteiger partial charge in [-0.1, -0.05) is 23.7 Å². The molecule has 1 aromatic carbocycles. The van der Waals surface area contributed by atoms with Crippen molar-refractivity contribution in [2.24, 2.45) is 11.5 Å². The summed E-state index contributed by atoms with van der Waals surface area (Å²) in [4.78, 5) is 15.4. The summed E-state index contributed by atoms with van der Waals surface area (Å²) in [6.07, 6.45) is 0. The predicted octanol–water partition coefficient (Wildman–Crippen LogP) is 2.04. The van der Waals surface area contributed by atoms with Crippen LogP contribution in [-0.2, 0) is 6.54 Å². The number of aromatic nitrogens is 1. The summed E-state index contributed by atoms with van der Waals surface area (Å²) in [6.45, 7) is 0.432. The molecule has 5 N–H and O–H groups in total. The molecule has 1 amide bonds. The second-order valence-corrected chi connectivity index (χ2v) is 4.31. The van der Waals surface area contributed by atoms with Gasteiger partial charge in [-0.3, -0.25) is 4.79 Å². The van der Waals surface area contributed by atoms with Crippen molar-refractivity contribution >= 4 is 29.0 Å². The van der Waals surface area contributed by atoms with Crippen LogP contribution in [0, 0.1) is 0 Å². The van der Waals surface area contributed by atoms with E-state index in [2.05, 4.69) is 10.3 Å². The number of hydrogen-bond donors (Lipinski definition) is 3. The van der Waals surface area contributed by atoms with Crippen LogP contribution in [0.15, 0.2) is 36.4 Å². The lowest BCUT2D eigenvalue weighted by Crippen LogP contribution is -2.14. The number of carbonyl (C=O) groups is 1. The zero-order valence-electron chi connectivity index (χ0n) is 10.1. The highest BCUT2D eigenvalue weighted by atomic mass is 35.5. The Labute approximate surface area is 115 Å². The molecular weight excluding hydrogens is 264 g/mol. The molecule has 0 atom stereocenters. The highest BCUT2D eigenvalue weighted by molar-refractivity contribution is 6.29. The van der Waals surface area contributed by atoms with Crippen LogP contribution in [0.4, 0.5) is 11.5 Å². The number of anilines is 2. The largest absolute Gasteiger partial charge is 0.365 e. The summed E-state index contributed by atoms with van der Waals surface area (Å²) in [5.74, 6) is -0.240. The summed E-state index contributed by atoms with van der Waals surface area (Å²) >= 11 is 5.82. The SMILES string of the molecule is NCc1cccc(Nc2nc(Cl)ccc2C(N)=O)c1. The Bertz CT molecular complexity index is 615. The van der Waals surface area contributed by atoms with Gasteiger partial charge in [-0.15, -0.1) is 0 Å². The summed E-state index contributed by atoms with van der Waals surface area (Å²) in [5, 5.41) is 3.30. The molecular formula is C13H13ClN4O. The third kappa shape index (κ3) is 3.21. The van der Waals surface area contributed by atoms with Crippen LogP contribution in [0.1, 0.15) is 15.9 Å². The van der Waals surface area contributed by atoms with Gasteiger partial charge in [-0.05, 0) is 29.8 Å². The zero-order valence-corrected chi connectivity index (χ0v) is 10.8. The van der Waals surface area contributed by atoms with Crippen molar-refractivity contribution in [1.29, 1.82) is 0 Å². The Kier molecular flexibility index (Phi) is 3.99. The topological polar surface area (TPSA) is 94.0 Å². The van der Waals surface area contributed by atoms with Gasteiger partial charge in [0.15, 0.2) is 0 Å². The average Bonchev–Trinajstić information content (AvgIpc) is 2.38. The molecule has 2 aromatic rings. The van der Waals surface area contributed by atoms with Gasteiger partial charge in [-0.25, -0.2) is 4.98 Å². The molecule has 98 valence electrons. The molecule has 0 aliphatic heterocycles. The number of primary amides is 1. The van der Waals surface area contributed by atoms with Gasteiger partial charge in [-0.2, -0.15) is 0 Å². The van der Waals surface area contributed by atoms with Crippen LogP contribution in [0.25, 0.3) is 0 Å². The third-order valence-corrected chi connectivity index (χ3v) is 2.76. The zero-order chi connectivity index (χ0) is 13.8. The Morgan fingerprint density at radius 3 is 2.79 bits per heavy atom. The first kappa shape index (κ1) is 13.3. The summed E-state index contributed by atoms with van der Waals surface area (Å²) < 4.78 is 0. The molecule has 0 radical (unpaired) electrons. The molecule has 0 aliphatic rings. The smallest absolute Gasteiger partial charge is 0.252 e. The number of halogens is 1. The molecule has 0 saturated carbocycles. The fourth-order valence-electron chi connectivity index (χ4n) is 1.64. The lowest BCUT2D eigenvalue weighted by molar-refractivity contribution is 0.100. The van der Waals surface area contributed by atoms with E-state index in [1.165, 1.54) is 12.1 Å². The van der Waals surface area contributed by atoms with Crippen LogP contribution in [0.3, 0.4) is 0 Å². The molecule has 5 nitrogen and oxygen atoms in total. The number of nitrogens with two attached hydrogens (primary N) is 2. The summed E-state index contributed by atoms with van der Waals surface area (Å²) in [5.41, 5.74) is 12.9. The molecule has 1 aromatic heterocycles. The van der Waals surface area contributed by atoms with Crippen molar-refractivity contribution in [3.8, 4) is 0 Å². The molecule has 0 unspecified atom stereocenters. The highest BCUT2D eigenvalue weighted by Gasteiger charge is 2.10. The van der Waals surface area contributed by atoms with Crippen molar-refractivity contribution in [2.45, 2.75) is 6.54 Å². The number of rotatable bonds is 4. The maximum absolute atomic E-state index is 11.3. The van der Waals surface area contributed by atoms with Crippen molar-refractivity contribution in [2.75, 3.05) is 5.32 Å². The van der Waals surface area contributed by atoms with Crippen LogP contribution in [0.2, 0.25) is 5.15 Å². The second kappa shape index (κ2) is 5.69. The number of pyridine rings is 1. The molecule has 0 aliphatic carbocycles. The van der Waals surface area contributed by atoms with Crippen molar-refractivity contribution in [3.05, 3.63) is 52.7 Å². The van der Waals surface area contributed by atoms with E-state index in [4.69, 9.17) is 23.1 Å². The molecule has 0 bridgehead atoms. The Balaban J connectivity index is 2.36. The first-order chi connectivity index (χ1) is 9.10. The molecule has 0 saturated heterocycles. The van der Waals surface area contributed by atoms with E-state index in [1.54, 1.807) is 0 Å². The van der Waals surface area contributed by atoms with E-state index < -0.39 is 5.91 Å². The molecule has 1 heterocycles.